The van der Waals surface area contributed by atoms with Gasteiger partial charge in [0.15, 0.2) is 0 Å². The molecule has 2 rings (SSSR count). The molecule has 0 spiro atoms. The molecule has 1 heterocycles. The van der Waals surface area contributed by atoms with Crippen molar-refractivity contribution >= 4 is 11.6 Å². The Kier molecular flexibility index (Phi) is 3.57. The highest BCUT2D eigenvalue weighted by atomic mass is 16.2. The third-order valence-corrected chi connectivity index (χ3v) is 4.25. The Morgan fingerprint density at radius 1 is 1.37 bits per heavy atom. The van der Waals surface area contributed by atoms with Crippen LogP contribution in [0.5, 0.6) is 0 Å². The third kappa shape index (κ3) is 2.75. The molecule has 1 saturated heterocycles. The molecule has 1 aromatic rings. The van der Waals surface area contributed by atoms with Gasteiger partial charge in [-0.25, -0.2) is 0 Å². The summed E-state index contributed by atoms with van der Waals surface area (Å²) < 4.78 is 0. The number of carbonyl (C=O) groups excluding carboxylic acids is 1. The minimum absolute atomic E-state index is 0.0768. The van der Waals surface area contributed by atoms with Gasteiger partial charge in [0.05, 0.1) is 5.56 Å². The van der Waals surface area contributed by atoms with Gasteiger partial charge >= 0.3 is 0 Å². The number of aryl methyl sites for hydroxylation is 1. The van der Waals surface area contributed by atoms with E-state index in [0.29, 0.717) is 17.2 Å². The van der Waals surface area contributed by atoms with Gasteiger partial charge in [0, 0.05) is 18.8 Å². The second-order valence-electron chi connectivity index (χ2n) is 6.64. The maximum atomic E-state index is 12.5. The van der Waals surface area contributed by atoms with E-state index in [9.17, 15) is 4.79 Å². The number of carbonyl (C=O) groups is 1. The third-order valence-electron chi connectivity index (χ3n) is 4.25. The lowest BCUT2D eigenvalue weighted by Gasteiger charge is -2.27. The van der Waals surface area contributed by atoms with Gasteiger partial charge in [-0.1, -0.05) is 32.9 Å². The highest BCUT2D eigenvalue weighted by Gasteiger charge is 2.34. The van der Waals surface area contributed by atoms with Crippen molar-refractivity contribution in [3.63, 3.8) is 0 Å². The number of hydrogen-bond donors (Lipinski definition) is 1. The number of nitrogens with two attached hydrogens (primary N) is 1. The van der Waals surface area contributed by atoms with E-state index in [4.69, 9.17) is 5.73 Å². The molecule has 0 saturated carbocycles. The van der Waals surface area contributed by atoms with Crippen molar-refractivity contribution in [2.45, 2.75) is 34.1 Å². The zero-order valence-corrected chi connectivity index (χ0v) is 12.4. The Labute approximate surface area is 115 Å². The summed E-state index contributed by atoms with van der Waals surface area (Å²) in [5, 5.41) is 0. The molecule has 1 aliphatic heterocycles. The van der Waals surface area contributed by atoms with E-state index >= 15 is 0 Å². The molecule has 0 bridgehead atoms. The van der Waals surface area contributed by atoms with Crippen LogP contribution < -0.4 is 5.73 Å². The minimum Gasteiger partial charge on any atom is -0.398 e. The Bertz CT molecular complexity index is 488. The molecule has 1 fully saturated rings. The normalized spacial score (nSPS) is 19.8. The van der Waals surface area contributed by atoms with E-state index in [1.165, 1.54) is 0 Å². The molecule has 0 radical (unpaired) electrons. The van der Waals surface area contributed by atoms with E-state index < -0.39 is 0 Å². The van der Waals surface area contributed by atoms with Gasteiger partial charge in [-0.3, -0.25) is 4.79 Å². The first kappa shape index (κ1) is 13.9. The van der Waals surface area contributed by atoms with Crippen molar-refractivity contribution < 1.29 is 4.79 Å². The Morgan fingerprint density at radius 3 is 2.63 bits per heavy atom. The number of benzene rings is 1. The van der Waals surface area contributed by atoms with Crippen LogP contribution in [0.1, 0.15) is 43.1 Å². The lowest BCUT2D eigenvalue weighted by molar-refractivity contribution is 0.0777. The first-order valence-corrected chi connectivity index (χ1v) is 6.95. The first-order valence-electron chi connectivity index (χ1n) is 6.95. The standard InChI is InChI=1S/C16H24N2O/c1-11-6-5-7-13(14(11)17)15(19)18-9-8-12(10-18)16(2,3)4/h5-7,12H,8-10,17H2,1-4H3. The number of amides is 1. The number of nitrogen functional groups attached to an aromatic ring is 1. The van der Waals surface area contributed by atoms with Crippen molar-refractivity contribution in [3.05, 3.63) is 29.3 Å². The number of para-hydroxylation sites is 1. The zero-order chi connectivity index (χ0) is 14.2. The molecule has 19 heavy (non-hydrogen) atoms. The molecule has 1 aromatic carbocycles. The van der Waals surface area contributed by atoms with Crippen LogP contribution in [0.3, 0.4) is 0 Å². The fourth-order valence-electron chi connectivity index (χ4n) is 2.69. The van der Waals surface area contributed by atoms with Crippen molar-refractivity contribution in [2.24, 2.45) is 11.3 Å². The van der Waals surface area contributed by atoms with Gasteiger partial charge in [0.1, 0.15) is 0 Å². The van der Waals surface area contributed by atoms with Crippen LogP contribution in [0, 0.1) is 18.3 Å². The van der Waals surface area contributed by atoms with Crippen LogP contribution >= 0.6 is 0 Å². The monoisotopic (exact) mass is 260 g/mol. The van der Waals surface area contributed by atoms with Gasteiger partial charge in [-0.2, -0.15) is 0 Å². The summed E-state index contributed by atoms with van der Waals surface area (Å²) in [6.07, 6.45) is 1.08. The second-order valence-corrected chi connectivity index (χ2v) is 6.64. The largest absolute Gasteiger partial charge is 0.398 e. The molecule has 0 aromatic heterocycles. The van der Waals surface area contributed by atoms with Gasteiger partial charge < -0.3 is 10.6 Å². The summed E-state index contributed by atoms with van der Waals surface area (Å²) in [5.74, 6) is 0.649. The second kappa shape index (κ2) is 4.87. The van der Waals surface area contributed by atoms with Gasteiger partial charge in [0.25, 0.3) is 5.91 Å². The van der Waals surface area contributed by atoms with E-state index in [2.05, 4.69) is 20.8 Å². The van der Waals surface area contributed by atoms with Crippen molar-refractivity contribution in [1.29, 1.82) is 0 Å². The predicted molar refractivity (Wildman–Crippen MR) is 79.1 cm³/mol. The lowest BCUT2D eigenvalue weighted by Crippen LogP contribution is -2.31. The molecular weight excluding hydrogens is 236 g/mol. The number of hydrogen-bond acceptors (Lipinski definition) is 2. The van der Waals surface area contributed by atoms with Crippen LogP contribution in [0.15, 0.2) is 18.2 Å². The van der Waals surface area contributed by atoms with Gasteiger partial charge in [0.2, 0.25) is 0 Å². The fraction of sp³-hybridized carbons (Fsp3) is 0.562. The van der Waals surface area contributed by atoms with Crippen molar-refractivity contribution in [3.8, 4) is 0 Å². The summed E-state index contributed by atoms with van der Waals surface area (Å²) in [5.41, 5.74) is 8.52. The fourth-order valence-corrected chi connectivity index (χ4v) is 2.69. The molecule has 3 nitrogen and oxygen atoms in total. The van der Waals surface area contributed by atoms with E-state index in [0.717, 1.165) is 25.1 Å². The molecule has 1 aliphatic rings. The highest BCUT2D eigenvalue weighted by molar-refractivity contribution is 5.99. The molecule has 3 heteroatoms. The number of anilines is 1. The quantitative estimate of drug-likeness (QED) is 0.789. The Hall–Kier alpha value is -1.51. The molecular formula is C16H24N2O. The van der Waals surface area contributed by atoms with Crippen LogP contribution in [-0.4, -0.2) is 23.9 Å². The van der Waals surface area contributed by atoms with Crippen LogP contribution in [0.4, 0.5) is 5.69 Å². The molecule has 104 valence electrons. The molecule has 1 atom stereocenters. The highest BCUT2D eigenvalue weighted by Crippen LogP contribution is 2.34. The maximum Gasteiger partial charge on any atom is 0.255 e. The van der Waals surface area contributed by atoms with Gasteiger partial charge in [-0.15, -0.1) is 0 Å². The SMILES string of the molecule is Cc1cccc(C(=O)N2CCC(C(C)(C)C)C2)c1N. The summed E-state index contributed by atoms with van der Waals surface area (Å²) in [6, 6.07) is 5.67. The van der Waals surface area contributed by atoms with Crippen LogP contribution in [0.2, 0.25) is 0 Å². The Morgan fingerprint density at radius 2 is 2.05 bits per heavy atom. The smallest absolute Gasteiger partial charge is 0.255 e. The lowest BCUT2D eigenvalue weighted by atomic mass is 9.80. The van der Waals surface area contributed by atoms with E-state index in [-0.39, 0.29) is 11.3 Å². The van der Waals surface area contributed by atoms with Gasteiger partial charge in [-0.05, 0) is 36.3 Å². The summed E-state index contributed by atoms with van der Waals surface area (Å²) in [4.78, 5) is 14.5. The number of likely N-dealkylation sites (tertiary alicyclic amines) is 1. The summed E-state index contributed by atoms with van der Waals surface area (Å²) in [6.45, 7) is 10.4. The maximum absolute atomic E-state index is 12.5. The topological polar surface area (TPSA) is 46.3 Å². The first-order chi connectivity index (χ1) is 8.80. The van der Waals surface area contributed by atoms with Crippen molar-refractivity contribution in [1.82, 2.24) is 4.90 Å². The Balaban J connectivity index is 2.16. The summed E-state index contributed by atoms with van der Waals surface area (Å²) in [7, 11) is 0. The molecule has 2 N–H and O–H groups in total. The minimum atomic E-state index is 0.0768. The number of rotatable bonds is 1. The molecule has 0 aliphatic carbocycles. The molecule has 1 amide bonds. The van der Waals surface area contributed by atoms with Crippen molar-refractivity contribution in [2.75, 3.05) is 18.8 Å². The predicted octanol–water partition coefficient (Wildman–Crippen LogP) is 3.09. The van der Waals surface area contributed by atoms with E-state index in [1.807, 2.05) is 30.0 Å². The van der Waals surface area contributed by atoms with Crippen LogP contribution in [-0.2, 0) is 0 Å². The number of nitrogens with zero attached hydrogens (tertiary/aromatic N) is 1. The van der Waals surface area contributed by atoms with Crippen LogP contribution in [0.25, 0.3) is 0 Å². The average molecular weight is 260 g/mol. The molecule has 1 unspecified atom stereocenters. The summed E-state index contributed by atoms with van der Waals surface area (Å²) >= 11 is 0. The van der Waals surface area contributed by atoms with E-state index in [1.54, 1.807) is 0 Å². The zero-order valence-electron chi connectivity index (χ0n) is 12.4. The average Bonchev–Trinajstić information content (AvgIpc) is 2.81.